The molecule has 0 aliphatic carbocycles. The molecule has 0 atom stereocenters. The zero-order valence-electron chi connectivity index (χ0n) is 10.6. The first-order chi connectivity index (χ1) is 6.57. The molecule has 14 heavy (non-hydrogen) atoms. The van der Waals surface area contributed by atoms with Crippen molar-refractivity contribution in [2.75, 3.05) is 13.1 Å². The lowest BCUT2D eigenvalue weighted by Gasteiger charge is -2.45. The van der Waals surface area contributed by atoms with Crippen LogP contribution in [-0.4, -0.2) is 29.6 Å². The molecule has 2 heteroatoms. The van der Waals surface area contributed by atoms with Gasteiger partial charge >= 0.3 is 0 Å². The summed E-state index contributed by atoms with van der Waals surface area (Å²) in [7, 11) is 0. The Morgan fingerprint density at radius 2 is 1.64 bits per heavy atom. The lowest BCUT2D eigenvalue weighted by Crippen LogP contribution is -2.56. The molecule has 2 nitrogen and oxygen atoms in total. The average Bonchev–Trinajstić information content (AvgIpc) is 2.19. The van der Waals surface area contributed by atoms with E-state index >= 15 is 0 Å². The predicted molar refractivity (Wildman–Crippen MR) is 64.5 cm³/mol. The third kappa shape index (κ3) is 2.96. The van der Waals surface area contributed by atoms with E-state index in [-0.39, 0.29) is 5.54 Å². The van der Waals surface area contributed by atoms with E-state index in [0.29, 0.717) is 6.04 Å². The van der Waals surface area contributed by atoms with Crippen molar-refractivity contribution in [2.45, 2.75) is 65.5 Å². The van der Waals surface area contributed by atoms with Gasteiger partial charge in [0.15, 0.2) is 0 Å². The van der Waals surface area contributed by atoms with E-state index in [1.165, 1.54) is 6.42 Å². The fourth-order valence-electron chi connectivity index (χ4n) is 2.35. The largest absolute Gasteiger partial charge is 0.329 e. The van der Waals surface area contributed by atoms with Gasteiger partial charge < -0.3 is 5.73 Å². The SMILES string of the molecule is CCCN(C(C)C)C(CC)(CC)CN. The predicted octanol–water partition coefficient (Wildman–Crippen LogP) is 2.62. The van der Waals surface area contributed by atoms with Crippen molar-refractivity contribution < 1.29 is 0 Å². The molecule has 0 unspecified atom stereocenters. The smallest absolute Gasteiger partial charge is 0.0329 e. The van der Waals surface area contributed by atoms with Crippen LogP contribution < -0.4 is 5.73 Å². The summed E-state index contributed by atoms with van der Waals surface area (Å²) < 4.78 is 0. The minimum Gasteiger partial charge on any atom is -0.329 e. The zero-order valence-corrected chi connectivity index (χ0v) is 10.6. The van der Waals surface area contributed by atoms with Gasteiger partial charge in [-0.1, -0.05) is 20.8 Å². The van der Waals surface area contributed by atoms with Crippen LogP contribution in [0, 0.1) is 0 Å². The fraction of sp³-hybridized carbons (Fsp3) is 1.00. The van der Waals surface area contributed by atoms with Crippen LogP contribution in [0.15, 0.2) is 0 Å². The molecule has 0 bridgehead atoms. The van der Waals surface area contributed by atoms with Gasteiger partial charge in [-0.2, -0.15) is 0 Å². The van der Waals surface area contributed by atoms with E-state index < -0.39 is 0 Å². The Hall–Kier alpha value is -0.0800. The highest BCUT2D eigenvalue weighted by atomic mass is 15.2. The van der Waals surface area contributed by atoms with Crippen molar-refractivity contribution >= 4 is 0 Å². The van der Waals surface area contributed by atoms with Crippen LogP contribution in [0.4, 0.5) is 0 Å². The Morgan fingerprint density at radius 1 is 1.14 bits per heavy atom. The third-order valence-corrected chi connectivity index (χ3v) is 3.39. The van der Waals surface area contributed by atoms with Gasteiger partial charge in [-0.3, -0.25) is 4.90 Å². The first-order valence-electron chi connectivity index (χ1n) is 6.04. The molecule has 0 aromatic heterocycles. The highest BCUT2D eigenvalue weighted by molar-refractivity contribution is 4.90. The summed E-state index contributed by atoms with van der Waals surface area (Å²) >= 11 is 0. The van der Waals surface area contributed by atoms with Crippen LogP contribution >= 0.6 is 0 Å². The molecule has 0 heterocycles. The summed E-state index contributed by atoms with van der Waals surface area (Å²) in [6.45, 7) is 13.2. The fourth-order valence-corrected chi connectivity index (χ4v) is 2.35. The van der Waals surface area contributed by atoms with Crippen molar-refractivity contribution in [3.63, 3.8) is 0 Å². The summed E-state index contributed by atoms with van der Waals surface area (Å²) in [5.74, 6) is 0. The van der Waals surface area contributed by atoms with Gasteiger partial charge in [-0.05, 0) is 39.7 Å². The summed E-state index contributed by atoms with van der Waals surface area (Å²) in [5.41, 5.74) is 6.18. The maximum atomic E-state index is 5.96. The standard InChI is InChI=1S/C12H28N2/c1-6-9-14(11(4)5)12(7-2,8-3)10-13/h11H,6-10,13H2,1-5H3. The monoisotopic (exact) mass is 200 g/mol. The molecule has 86 valence electrons. The van der Waals surface area contributed by atoms with Gasteiger partial charge in [0, 0.05) is 18.1 Å². The van der Waals surface area contributed by atoms with E-state index in [9.17, 15) is 0 Å². The van der Waals surface area contributed by atoms with Gasteiger partial charge in [0.05, 0.1) is 0 Å². The first kappa shape index (κ1) is 13.9. The second-order valence-electron chi connectivity index (χ2n) is 4.42. The lowest BCUT2D eigenvalue weighted by molar-refractivity contribution is 0.0539. The summed E-state index contributed by atoms with van der Waals surface area (Å²) in [6.07, 6.45) is 3.51. The van der Waals surface area contributed by atoms with E-state index in [1.54, 1.807) is 0 Å². The van der Waals surface area contributed by atoms with Gasteiger partial charge in [0.25, 0.3) is 0 Å². The molecule has 0 spiro atoms. The van der Waals surface area contributed by atoms with E-state index in [0.717, 1.165) is 25.9 Å². The molecule has 0 aromatic carbocycles. The van der Waals surface area contributed by atoms with Gasteiger partial charge in [0.1, 0.15) is 0 Å². The van der Waals surface area contributed by atoms with Crippen molar-refractivity contribution in [3.05, 3.63) is 0 Å². The van der Waals surface area contributed by atoms with E-state index in [2.05, 4.69) is 39.5 Å². The molecule has 0 rings (SSSR count). The van der Waals surface area contributed by atoms with Crippen molar-refractivity contribution in [1.29, 1.82) is 0 Å². The molecular weight excluding hydrogens is 172 g/mol. The molecular formula is C12H28N2. The Kier molecular flexibility index (Phi) is 6.38. The van der Waals surface area contributed by atoms with Crippen LogP contribution in [0.2, 0.25) is 0 Å². The maximum Gasteiger partial charge on any atom is 0.0329 e. The molecule has 0 aromatic rings. The van der Waals surface area contributed by atoms with Gasteiger partial charge in [-0.15, -0.1) is 0 Å². The van der Waals surface area contributed by atoms with Crippen LogP contribution in [0.1, 0.15) is 53.9 Å². The topological polar surface area (TPSA) is 29.3 Å². The van der Waals surface area contributed by atoms with Gasteiger partial charge in [0.2, 0.25) is 0 Å². The van der Waals surface area contributed by atoms with Crippen LogP contribution in [0.5, 0.6) is 0 Å². The molecule has 0 aliphatic rings. The minimum atomic E-state index is 0.226. The third-order valence-electron chi connectivity index (χ3n) is 3.39. The summed E-state index contributed by atoms with van der Waals surface area (Å²) in [6, 6.07) is 0.596. The van der Waals surface area contributed by atoms with E-state index in [4.69, 9.17) is 5.73 Å². The Bertz CT molecular complexity index is 131. The number of hydrogen-bond donors (Lipinski definition) is 1. The minimum absolute atomic E-state index is 0.226. The molecule has 0 aliphatic heterocycles. The zero-order chi connectivity index (χ0) is 11.2. The number of nitrogens with two attached hydrogens (primary N) is 1. The van der Waals surface area contributed by atoms with Crippen LogP contribution in [-0.2, 0) is 0 Å². The summed E-state index contributed by atoms with van der Waals surface area (Å²) in [5, 5.41) is 0. The molecule has 0 radical (unpaired) electrons. The first-order valence-corrected chi connectivity index (χ1v) is 6.04. The highest BCUT2D eigenvalue weighted by Gasteiger charge is 2.32. The molecule has 2 N–H and O–H groups in total. The van der Waals surface area contributed by atoms with E-state index in [1.807, 2.05) is 0 Å². The second kappa shape index (κ2) is 6.41. The summed E-state index contributed by atoms with van der Waals surface area (Å²) in [4.78, 5) is 2.58. The second-order valence-corrected chi connectivity index (χ2v) is 4.42. The number of nitrogens with zero attached hydrogens (tertiary/aromatic N) is 1. The van der Waals surface area contributed by atoms with Crippen molar-refractivity contribution in [1.82, 2.24) is 4.90 Å². The molecule has 0 amide bonds. The Morgan fingerprint density at radius 3 is 1.86 bits per heavy atom. The quantitative estimate of drug-likeness (QED) is 0.684. The van der Waals surface area contributed by atoms with Gasteiger partial charge in [-0.25, -0.2) is 0 Å². The highest BCUT2D eigenvalue weighted by Crippen LogP contribution is 2.25. The molecule has 0 fully saturated rings. The normalized spacial score (nSPS) is 12.9. The maximum absolute atomic E-state index is 5.96. The molecule has 0 saturated heterocycles. The van der Waals surface area contributed by atoms with Crippen LogP contribution in [0.25, 0.3) is 0 Å². The number of rotatable bonds is 7. The van der Waals surface area contributed by atoms with Crippen LogP contribution in [0.3, 0.4) is 0 Å². The van der Waals surface area contributed by atoms with Crippen molar-refractivity contribution in [2.24, 2.45) is 5.73 Å². The number of hydrogen-bond acceptors (Lipinski definition) is 2. The Labute approximate surface area is 89.9 Å². The average molecular weight is 200 g/mol. The van der Waals surface area contributed by atoms with Crippen molar-refractivity contribution in [3.8, 4) is 0 Å². The lowest BCUT2D eigenvalue weighted by atomic mass is 9.89. The molecule has 0 saturated carbocycles. The Balaban J connectivity index is 4.70.